The topological polar surface area (TPSA) is 61.6 Å². The van der Waals surface area contributed by atoms with Crippen molar-refractivity contribution >= 4 is 0 Å². The Labute approximate surface area is 98.8 Å². The molecule has 0 N–H and O–H groups in total. The molecule has 1 aromatic carbocycles. The molecule has 2 rings (SSSR count). The van der Waals surface area contributed by atoms with E-state index in [2.05, 4.69) is 0 Å². The standard InChI is InChI=1S/C12H13NO4/c1-8-7-17-12-9(10(8)6-13(14)15)4-3-5-11(12)16-2/h3-5,7,10H,6H2,1-2H3/t10-/m1/s1. The molecule has 5 nitrogen and oxygen atoms in total. The molecule has 1 aliphatic heterocycles. The quantitative estimate of drug-likeness (QED) is 0.596. The SMILES string of the molecule is COc1cccc2c1OC=C(C)[C@H]2C[N+](=O)[O-]. The van der Waals surface area contributed by atoms with Gasteiger partial charge in [0.25, 0.3) is 0 Å². The van der Waals surface area contributed by atoms with Crippen molar-refractivity contribution in [2.45, 2.75) is 12.8 Å². The molecule has 90 valence electrons. The first-order valence-electron chi connectivity index (χ1n) is 5.25. The monoisotopic (exact) mass is 235 g/mol. The Bertz CT molecular complexity index is 481. The lowest BCUT2D eigenvalue weighted by Gasteiger charge is -2.23. The van der Waals surface area contributed by atoms with Crippen LogP contribution in [0.5, 0.6) is 11.5 Å². The van der Waals surface area contributed by atoms with Crippen molar-refractivity contribution in [1.29, 1.82) is 0 Å². The van der Waals surface area contributed by atoms with Gasteiger partial charge in [-0.15, -0.1) is 0 Å². The number of nitrogens with zero attached hydrogens (tertiary/aromatic N) is 1. The molecule has 0 unspecified atom stereocenters. The van der Waals surface area contributed by atoms with E-state index < -0.39 is 0 Å². The zero-order valence-corrected chi connectivity index (χ0v) is 9.67. The summed E-state index contributed by atoms with van der Waals surface area (Å²) >= 11 is 0. The largest absolute Gasteiger partial charge is 0.493 e. The molecule has 0 bridgehead atoms. The molecule has 1 aromatic rings. The van der Waals surface area contributed by atoms with Crippen LogP contribution in [0.1, 0.15) is 18.4 Å². The maximum absolute atomic E-state index is 10.7. The first kappa shape index (κ1) is 11.4. The van der Waals surface area contributed by atoms with Gasteiger partial charge in [-0.05, 0) is 18.6 Å². The van der Waals surface area contributed by atoms with Gasteiger partial charge in [-0.1, -0.05) is 12.1 Å². The Morgan fingerprint density at radius 3 is 2.94 bits per heavy atom. The fourth-order valence-corrected chi connectivity index (χ4v) is 1.96. The van der Waals surface area contributed by atoms with Crippen LogP contribution in [-0.4, -0.2) is 18.6 Å². The van der Waals surface area contributed by atoms with Crippen molar-refractivity contribution in [3.05, 3.63) is 45.7 Å². The summed E-state index contributed by atoms with van der Waals surface area (Å²) in [5, 5.41) is 10.7. The van der Waals surface area contributed by atoms with Gasteiger partial charge in [0.15, 0.2) is 11.5 Å². The molecular formula is C12H13NO4. The fourth-order valence-electron chi connectivity index (χ4n) is 1.96. The lowest BCUT2D eigenvalue weighted by Crippen LogP contribution is -2.18. The van der Waals surface area contributed by atoms with Crippen molar-refractivity contribution in [1.82, 2.24) is 0 Å². The van der Waals surface area contributed by atoms with Gasteiger partial charge in [0.1, 0.15) is 0 Å². The van der Waals surface area contributed by atoms with E-state index in [4.69, 9.17) is 9.47 Å². The molecule has 1 heterocycles. The van der Waals surface area contributed by atoms with Crippen LogP contribution in [0.25, 0.3) is 0 Å². The van der Waals surface area contributed by atoms with Gasteiger partial charge in [-0.2, -0.15) is 0 Å². The van der Waals surface area contributed by atoms with Crippen molar-refractivity contribution < 1.29 is 14.4 Å². The Morgan fingerprint density at radius 2 is 2.29 bits per heavy atom. The number of hydrogen-bond acceptors (Lipinski definition) is 4. The second kappa shape index (κ2) is 4.45. The predicted octanol–water partition coefficient (Wildman–Crippen LogP) is 2.35. The van der Waals surface area contributed by atoms with E-state index in [1.165, 1.54) is 0 Å². The predicted molar refractivity (Wildman–Crippen MR) is 62.0 cm³/mol. The smallest absolute Gasteiger partial charge is 0.214 e. The summed E-state index contributed by atoms with van der Waals surface area (Å²) in [6, 6.07) is 5.42. The van der Waals surface area contributed by atoms with E-state index >= 15 is 0 Å². The van der Waals surface area contributed by atoms with Crippen molar-refractivity contribution in [3.63, 3.8) is 0 Å². The Kier molecular flexibility index (Phi) is 2.99. The third-order valence-electron chi connectivity index (χ3n) is 2.85. The number of nitro groups is 1. The van der Waals surface area contributed by atoms with Gasteiger partial charge in [0.05, 0.1) is 19.3 Å². The Hall–Kier alpha value is -2.04. The van der Waals surface area contributed by atoms with E-state index in [1.54, 1.807) is 19.4 Å². The molecule has 0 amide bonds. The summed E-state index contributed by atoms with van der Waals surface area (Å²) in [6.45, 7) is 1.70. The van der Waals surface area contributed by atoms with Crippen molar-refractivity contribution in [3.8, 4) is 11.5 Å². The molecule has 0 radical (unpaired) electrons. The highest BCUT2D eigenvalue weighted by Gasteiger charge is 2.28. The lowest BCUT2D eigenvalue weighted by atomic mass is 9.90. The second-order valence-electron chi connectivity index (χ2n) is 3.93. The highest BCUT2D eigenvalue weighted by Crippen LogP contribution is 2.41. The average Bonchev–Trinajstić information content (AvgIpc) is 2.31. The first-order chi connectivity index (χ1) is 8.13. The maximum atomic E-state index is 10.7. The van der Waals surface area contributed by atoms with Gasteiger partial charge in [0, 0.05) is 10.5 Å². The molecule has 0 fully saturated rings. The fraction of sp³-hybridized carbons (Fsp3) is 0.333. The van der Waals surface area contributed by atoms with Crippen LogP contribution in [0.15, 0.2) is 30.0 Å². The normalized spacial score (nSPS) is 17.8. The minimum absolute atomic E-state index is 0.133. The molecular weight excluding hydrogens is 222 g/mol. The number of hydrogen-bond donors (Lipinski definition) is 0. The van der Waals surface area contributed by atoms with Gasteiger partial charge < -0.3 is 9.47 Å². The van der Waals surface area contributed by atoms with E-state index in [9.17, 15) is 10.1 Å². The second-order valence-corrected chi connectivity index (χ2v) is 3.93. The first-order valence-corrected chi connectivity index (χ1v) is 5.25. The lowest BCUT2D eigenvalue weighted by molar-refractivity contribution is -0.482. The summed E-state index contributed by atoms with van der Waals surface area (Å²) in [7, 11) is 1.55. The van der Waals surface area contributed by atoms with Crippen LogP contribution in [0, 0.1) is 10.1 Å². The third kappa shape index (κ3) is 2.08. The zero-order valence-electron chi connectivity index (χ0n) is 9.67. The summed E-state index contributed by atoms with van der Waals surface area (Å²) in [5.74, 6) is 0.927. The third-order valence-corrected chi connectivity index (χ3v) is 2.85. The number of rotatable bonds is 3. The molecule has 0 saturated heterocycles. The van der Waals surface area contributed by atoms with Crippen LogP contribution >= 0.6 is 0 Å². The maximum Gasteiger partial charge on any atom is 0.214 e. The van der Waals surface area contributed by atoms with Crippen LogP contribution < -0.4 is 9.47 Å². The minimum Gasteiger partial charge on any atom is -0.493 e. The number of fused-ring (bicyclic) bond motifs is 1. The van der Waals surface area contributed by atoms with Gasteiger partial charge in [-0.3, -0.25) is 10.1 Å². The number of ether oxygens (including phenoxy) is 2. The van der Waals surface area contributed by atoms with E-state index in [0.717, 1.165) is 11.1 Å². The van der Waals surface area contributed by atoms with Gasteiger partial charge in [0.2, 0.25) is 6.54 Å². The molecule has 0 aliphatic carbocycles. The molecule has 0 spiro atoms. The Balaban J connectivity index is 2.45. The van der Waals surface area contributed by atoms with Crippen LogP contribution in [0.2, 0.25) is 0 Å². The molecule has 1 aliphatic rings. The van der Waals surface area contributed by atoms with Crippen LogP contribution in [-0.2, 0) is 0 Å². The summed E-state index contributed by atoms with van der Waals surface area (Å²) in [6.07, 6.45) is 1.55. The molecule has 17 heavy (non-hydrogen) atoms. The van der Waals surface area contributed by atoms with Crippen LogP contribution in [0.4, 0.5) is 0 Å². The van der Waals surface area contributed by atoms with Crippen LogP contribution in [0.3, 0.4) is 0 Å². The molecule has 5 heteroatoms. The molecule has 0 aromatic heterocycles. The summed E-state index contributed by atoms with van der Waals surface area (Å²) in [4.78, 5) is 10.4. The molecule has 0 saturated carbocycles. The zero-order chi connectivity index (χ0) is 12.4. The van der Waals surface area contributed by atoms with Gasteiger partial charge >= 0.3 is 0 Å². The van der Waals surface area contributed by atoms with E-state index in [1.807, 2.05) is 19.1 Å². The highest BCUT2D eigenvalue weighted by molar-refractivity contribution is 5.52. The number of benzene rings is 1. The number of para-hydroxylation sites is 1. The minimum atomic E-state index is -0.309. The highest BCUT2D eigenvalue weighted by atomic mass is 16.6. The van der Waals surface area contributed by atoms with E-state index in [-0.39, 0.29) is 17.4 Å². The summed E-state index contributed by atoms with van der Waals surface area (Å²) < 4.78 is 10.6. The Morgan fingerprint density at radius 1 is 1.53 bits per heavy atom. The van der Waals surface area contributed by atoms with Gasteiger partial charge in [-0.25, -0.2) is 0 Å². The number of methoxy groups -OCH3 is 1. The van der Waals surface area contributed by atoms with E-state index in [0.29, 0.717) is 11.5 Å². The average molecular weight is 235 g/mol. The van der Waals surface area contributed by atoms with Crippen molar-refractivity contribution in [2.75, 3.05) is 13.7 Å². The summed E-state index contributed by atoms with van der Waals surface area (Å²) in [5.41, 5.74) is 1.66. The molecule has 1 atom stereocenters. The van der Waals surface area contributed by atoms with Crippen molar-refractivity contribution in [2.24, 2.45) is 0 Å².